The molecule has 1 aromatic carbocycles. The highest BCUT2D eigenvalue weighted by Gasteiger charge is 2.29. The van der Waals surface area contributed by atoms with E-state index in [0.29, 0.717) is 0 Å². The lowest BCUT2D eigenvalue weighted by molar-refractivity contribution is -0.672. The Morgan fingerprint density at radius 3 is 2.64 bits per heavy atom. The Labute approximate surface area is 142 Å². The van der Waals surface area contributed by atoms with Gasteiger partial charge in [0.15, 0.2) is 12.4 Å². The van der Waals surface area contributed by atoms with Crippen LogP contribution in [0.1, 0.15) is 41.2 Å². The van der Waals surface area contributed by atoms with Crippen LogP contribution >= 0.6 is 0 Å². The summed E-state index contributed by atoms with van der Waals surface area (Å²) in [6, 6.07) is 14.0. The number of halogens is 1. The van der Waals surface area contributed by atoms with Crippen LogP contribution in [0.25, 0.3) is 0 Å². The number of likely N-dealkylation sites (tertiary alicyclic amines) is 1. The predicted molar refractivity (Wildman–Crippen MR) is 81.7 cm³/mol. The molecule has 3 rings (SSSR count). The molecule has 0 radical (unpaired) electrons. The number of benzene rings is 1. The van der Waals surface area contributed by atoms with E-state index in [4.69, 9.17) is 0 Å². The molecule has 1 aromatic heterocycles. The van der Waals surface area contributed by atoms with E-state index in [0.717, 1.165) is 24.9 Å². The quantitative estimate of drug-likeness (QED) is 0.685. The fourth-order valence-corrected chi connectivity index (χ4v) is 3.08. The first-order chi connectivity index (χ1) is 10.3. The van der Waals surface area contributed by atoms with Crippen LogP contribution in [0.15, 0.2) is 54.9 Å². The number of aromatic nitrogens is 1. The molecule has 1 aliphatic heterocycles. The molecule has 1 amide bonds. The van der Waals surface area contributed by atoms with E-state index in [9.17, 15) is 4.79 Å². The second kappa shape index (κ2) is 7.54. The molecular weight excluding hydrogens is 340 g/mol. The predicted octanol–water partition coefficient (Wildman–Crippen LogP) is -0.117. The van der Waals surface area contributed by atoms with E-state index in [1.807, 2.05) is 48.5 Å². The van der Waals surface area contributed by atoms with Gasteiger partial charge in [-0.2, -0.15) is 0 Å². The highest BCUT2D eigenvalue weighted by atomic mass is 79.9. The van der Waals surface area contributed by atoms with Crippen molar-refractivity contribution in [1.82, 2.24) is 4.90 Å². The number of aryl methyl sites for hydroxylation is 1. The van der Waals surface area contributed by atoms with Gasteiger partial charge in [0.25, 0.3) is 5.91 Å². The van der Waals surface area contributed by atoms with Gasteiger partial charge in [0.05, 0.1) is 6.04 Å². The van der Waals surface area contributed by atoms with Crippen LogP contribution in [0.3, 0.4) is 0 Å². The third-order valence-electron chi connectivity index (χ3n) is 4.13. The van der Waals surface area contributed by atoms with Gasteiger partial charge < -0.3 is 21.9 Å². The third kappa shape index (κ3) is 3.55. The molecule has 3 nitrogen and oxygen atoms in total. The van der Waals surface area contributed by atoms with Gasteiger partial charge in [0.1, 0.15) is 7.05 Å². The zero-order valence-electron chi connectivity index (χ0n) is 12.8. The summed E-state index contributed by atoms with van der Waals surface area (Å²) >= 11 is 0. The molecule has 4 heteroatoms. The monoisotopic (exact) mass is 360 g/mol. The Hall–Kier alpha value is -1.68. The fourth-order valence-electron chi connectivity index (χ4n) is 3.08. The van der Waals surface area contributed by atoms with E-state index in [1.165, 1.54) is 12.0 Å². The van der Waals surface area contributed by atoms with Crippen LogP contribution in [0.2, 0.25) is 0 Å². The van der Waals surface area contributed by atoms with E-state index in [1.54, 1.807) is 0 Å². The molecule has 2 heterocycles. The molecule has 1 fully saturated rings. The van der Waals surface area contributed by atoms with Crippen molar-refractivity contribution >= 4 is 5.91 Å². The number of nitrogens with zero attached hydrogens (tertiary/aromatic N) is 2. The van der Waals surface area contributed by atoms with Crippen molar-refractivity contribution in [3.63, 3.8) is 0 Å². The Kier molecular flexibility index (Phi) is 5.72. The first kappa shape index (κ1) is 16.7. The lowest BCUT2D eigenvalue weighted by Gasteiger charge is -2.35. The average molecular weight is 361 g/mol. The molecule has 0 N–H and O–H groups in total. The number of hydrogen-bond acceptors (Lipinski definition) is 1. The topological polar surface area (TPSA) is 24.2 Å². The molecule has 1 atom stereocenters. The average Bonchev–Trinajstić information content (AvgIpc) is 2.55. The first-order valence-electron chi connectivity index (χ1n) is 7.57. The minimum atomic E-state index is 0. The Morgan fingerprint density at radius 2 is 1.91 bits per heavy atom. The molecule has 2 aromatic rings. The first-order valence-corrected chi connectivity index (χ1v) is 7.57. The number of carbonyl (C=O) groups is 1. The lowest BCUT2D eigenvalue weighted by Crippen LogP contribution is -3.00. The van der Waals surface area contributed by atoms with Crippen molar-refractivity contribution in [2.75, 3.05) is 6.54 Å². The number of piperidine rings is 1. The molecule has 1 unspecified atom stereocenters. The third-order valence-corrected chi connectivity index (χ3v) is 4.13. The normalized spacial score (nSPS) is 17.7. The van der Waals surface area contributed by atoms with Crippen molar-refractivity contribution < 1.29 is 26.3 Å². The van der Waals surface area contributed by atoms with Crippen molar-refractivity contribution in [2.45, 2.75) is 25.3 Å². The summed E-state index contributed by atoms with van der Waals surface area (Å²) in [6.07, 6.45) is 7.47. The Bertz CT molecular complexity index is 630. The van der Waals surface area contributed by atoms with Crippen molar-refractivity contribution in [3.8, 4) is 0 Å². The summed E-state index contributed by atoms with van der Waals surface area (Å²) in [7, 11) is 2.02. The standard InChI is InChI=1S/C18H21N2O.BrH/c1-19-12-7-10-16(14-19)17-11-5-6-13-20(17)18(21)15-8-3-2-4-9-15;/h2-4,7-10,12,14,17H,5-6,11,13H2,1H3;1H/q+1;/p-1. The molecule has 0 bridgehead atoms. The number of carbonyl (C=O) groups excluding carboxylic acids is 1. The van der Waals surface area contributed by atoms with Crippen molar-refractivity contribution in [2.24, 2.45) is 7.05 Å². The highest BCUT2D eigenvalue weighted by Crippen LogP contribution is 2.31. The van der Waals surface area contributed by atoms with Crippen LogP contribution < -0.4 is 21.5 Å². The zero-order chi connectivity index (χ0) is 14.7. The molecular formula is C18H21BrN2O. The van der Waals surface area contributed by atoms with Gasteiger partial charge in [-0.3, -0.25) is 4.79 Å². The van der Waals surface area contributed by atoms with Crippen molar-refractivity contribution in [3.05, 3.63) is 66.0 Å². The maximum atomic E-state index is 12.8. The molecule has 22 heavy (non-hydrogen) atoms. The SMILES string of the molecule is C[n+]1cccc(C2CCCCN2C(=O)c2ccccc2)c1.[Br-]. The summed E-state index contributed by atoms with van der Waals surface area (Å²) in [5, 5.41) is 0. The summed E-state index contributed by atoms with van der Waals surface area (Å²) in [4.78, 5) is 14.8. The number of hydrogen-bond donors (Lipinski definition) is 0. The molecule has 116 valence electrons. The summed E-state index contributed by atoms with van der Waals surface area (Å²) in [5.74, 6) is 0.145. The van der Waals surface area contributed by atoms with Crippen molar-refractivity contribution in [1.29, 1.82) is 0 Å². The molecule has 0 aliphatic carbocycles. The van der Waals surface area contributed by atoms with E-state index >= 15 is 0 Å². The van der Waals surface area contributed by atoms with E-state index < -0.39 is 0 Å². The molecule has 1 saturated heterocycles. The van der Waals surface area contributed by atoms with Gasteiger partial charge in [-0.1, -0.05) is 18.2 Å². The summed E-state index contributed by atoms with van der Waals surface area (Å²) in [6.45, 7) is 0.844. The molecule has 0 saturated carbocycles. The molecule has 0 spiro atoms. The smallest absolute Gasteiger partial charge is 0.254 e. The summed E-state index contributed by atoms with van der Waals surface area (Å²) < 4.78 is 2.05. The van der Waals surface area contributed by atoms with Crippen LogP contribution in [0.4, 0.5) is 0 Å². The number of rotatable bonds is 2. The number of pyridine rings is 1. The van der Waals surface area contributed by atoms with Gasteiger partial charge in [-0.15, -0.1) is 0 Å². The Morgan fingerprint density at radius 1 is 1.14 bits per heavy atom. The fraction of sp³-hybridized carbons (Fsp3) is 0.333. The van der Waals surface area contributed by atoms with Crippen LogP contribution in [0.5, 0.6) is 0 Å². The molecule has 1 aliphatic rings. The second-order valence-corrected chi connectivity index (χ2v) is 5.68. The minimum absolute atomic E-state index is 0. The maximum absolute atomic E-state index is 12.8. The second-order valence-electron chi connectivity index (χ2n) is 5.68. The maximum Gasteiger partial charge on any atom is 0.254 e. The highest BCUT2D eigenvalue weighted by molar-refractivity contribution is 5.94. The van der Waals surface area contributed by atoms with Gasteiger partial charge in [-0.05, 0) is 37.5 Å². The largest absolute Gasteiger partial charge is 1.00 e. The lowest BCUT2D eigenvalue weighted by atomic mass is 9.95. The van der Waals surface area contributed by atoms with Crippen LogP contribution in [-0.4, -0.2) is 17.4 Å². The summed E-state index contributed by atoms with van der Waals surface area (Å²) in [5.41, 5.74) is 2.01. The van der Waals surface area contributed by atoms with E-state index in [2.05, 4.69) is 22.9 Å². The number of amides is 1. The minimum Gasteiger partial charge on any atom is -1.00 e. The van der Waals surface area contributed by atoms with Gasteiger partial charge in [0, 0.05) is 23.7 Å². The Balaban J connectivity index is 0.00000176. The van der Waals surface area contributed by atoms with Crippen LogP contribution in [-0.2, 0) is 7.05 Å². The van der Waals surface area contributed by atoms with E-state index in [-0.39, 0.29) is 28.9 Å². The van der Waals surface area contributed by atoms with Gasteiger partial charge in [0.2, 0.25) is 0 Å². The van der Waals surface area contributed by atoms with Gasteiger partial charge in [-0.25, -0.2) is 4.57 Å². The van der Waals surface area contributed by atoms with Gasteiger partial charge >= 0.3 is 0 Å². The zero-order valence-corrected chi connectivity index (χ0v) is 14.4. The van der Waals surface area contributed by atoms with Crippen LogP contribution in [0, 0.1) is 0 Å².